The van der Waals surface area contributed by atoms with Crippen molar-refractivity contribution in [1.29, 1.82) is 0 Å². The van der Waals surface area contributed by atoms with Gasteiger partial charge in [-0.15, -0.1) is 0 Å². The predicted molar refractivity (Wildman–Crippen MR) is 92.0 cm³/mol. The third-order valence-electron chi connectivity index (χ3n) is 5.18. The van der Waals surface area contributed by atoms with Crippen LogP contribution in [-0.4, -0.2) is 9.66 Å². The number of hydrogen-bond donors (Lipinski definition) is 0. The number of rotatable bonds is 2. The molecule has 0 aromatic carbocycles. The molecule has 0 aromatic heterocycles. The third-order valence-corrected chi connectivity index (χ3v) is 6.39. The lowest BCUT2D eigenvalue weighted by atomic mass is 9.66. The van der Waals surface area contributed by atoms with Crippen LogP contribution in [0.3, 0.4) is 0 Å². The fraction of sp³-hybridized carbons (Fsp3) is 0.765. The van der Waals surface area contributed by atoms with Gasteiger partial charge in [-0.25, -0.2) is 0 Å². The van der Waals surface area contributed by atoms with Gasteiger partial charge in [0.25, 0.3) is 0 Å². The van der Waals surface area contributed by atoms with E-state index < -0.39 is 0 Å². The predicted octanol–water partition coefficient (Wildman–Crippen LogP) is 5.58. The first-order valence-electron chi connectivity index (χ1n) is 7.66. The van der Waals surface area contributed by atoms with E-state index >= 15 is 0 Å². The van der Waals surface area contributed by atoms with Gasteiger partial charge in [0.05, 0.1) is 22.9 Å². The first kappa shape index (κ1) is 15.4. The summed E-state index contributed by atoms with van der Waals surface area (Å²) in [6.07, 6.45) is 8.92. The van der Waals surface area contributed by atoms with Crippen LogP contribution in [0.25, 0.3) is 0 Å². The van der Waals surface area contributed by atoms with E-state index in [9.17, 15) is 0 Å². The molecule has 19 heavy (non-hydrogen) atoms. The summed E-state index contributed by atoms with van der Waals surface area (Å²) >= 11 is 2.47. The fourth-order valence-electron chi connectivity index (χ4n) is 3.78. The van der Waals surface area contributed by atoms with E-state index in [-0.39, 0.29) is 0 Å². The monoisotopic (exact) mass is 373 g/mol. The quantitative estimate of drug-likeness (QED) is 0.451. The van der Waals surface area contributed by atoms with Gasteiger partial charge in [0, 0.05) is 12.2 Å². The molecule has 1 nitrogen and oxygen atoms in total. The lowest BCUT2D eigenvalue weighted by Crippen LogP contribution is -2.31. The van der Waals surface area contributed by atoms with Crippen LogP contribution >= 0.6 is 22.9 Å². The summed E-state index contributed by atoms with van der Waals surface area (Å²) in [5, 5.41) is 0. The van der Waals surface area contributed by atoms with Gasteiger partial charge in [-0.1, -0.05) is 39.8 Å². The second-order valence-electron chi connectivity index (χ2n) is 7.20. The van der Waals surface area contributed by atoms with E-state index in [1.807, 2.05) is 0 Å². The molecule has 0 spiro atoms. The maximum Gasteiger partial charge on any atom is 0.0588 e. The molecule has 108 valence electrons. The van der Waals surface area contributed by atoms with E-state index in [0.717, 1.165) is 17.8 Å². The maximum atomic E-state index is 2.50. The highest BCUT2D eigenvalue weighted by atomic mass is 127. The Morgan fingerprint density at radius 2 is 1.89 bits per heavy atom. The molecule has 0 amide bonds. The second kappa shape index (κ2) is 5.79. The smallest absolute Gasteiger partial charge is 0.0588 e. The summed E-state index contributed by atoms with van der Waals surface area (Å²) in [6.45, 7) is 13.0. The summed E-state index contributed by atoms with van der Waals surface area (Å²) in [7, 11) is 0. The minimum absolute atomic E-state index is 0.316. The minimum Gasteiger partial charge on any atom is -0.319 e. The van der Waals surface area contributed by atoms with Gasteiger partial charge in [0.1, 0.15) is 0 Å². The first-order chi connectivity index (χ1) is 8.83. The average Bonchev–Trinajstić information content (AvgIpc) is 2.41. The van der Waals surface area contributed by atoms with Crippen molar-refractivity contribution in [2.75, 3.05) is 6.54 Å². The molecule has 0 N–H and O–H groups in total. The van der Waals surface area contributed by atoms with E-state index in [2.05, 4.69) is 72.7 Å². The molecule has 0 saturated heterocycles. The second-order valence-corrected chi connectivity index (χ2v) is 8.36. The van der Waals surface area contributed by atoms with Crippen molar-refractivity contribution in [2.45, 2.75) is 53.9 Å². The highest BCUT2D eigenvalue weighted by Crippen LogP contribution is 2.43. The van der Waals surface area contributed by atoms with E-state index in [1.165, 1.54) is 31.5 Å². The molecule has 1 aliphatic carbocycles. The Morgan fingerprint density at radius 1 is 1.26 bits per heavy atom. The van der Waals surface area contributed by atoms with Crippen molar-refractivity contribution in [2.24, 2.45) is 23.2 Å². The van der Waals surface area contributed by atoms with Crippen molar-refractivity contribution in [3.8, 4) is 0 Å². The highest BCUT2D eigenvalue weighted by Gasteiger charge is 2.33. The molecule has 1 aliphatic heterocycles. The summed E-state index contributed by atoms with van der Waals surface area (Å²) in [5.41, 5.74) is 3.32. The molecule has 2 rings (SSSR count). The Kier molecular flexibility index (Phi) is 4.69. The summed E-state index contributed by atoms with van der Waals surface area (Å²) < 4.78 is 2.40. The molecule has 1 fully saturated rings. The number of nitrogens with zero attached hydrogens (tertiary/aromatic N) is 1. The summed E-state index contributed by atoms with van der Waals surface area (Å²) in [6, 6.07) is 0. The normalized spacial score (nSPS) is 35.5. The topological polar surface area (TPSA) is 3.24 Å². The molecule has 1 heterocycles. The molecule has 0 bridgehead atoms. The standard InChI is InChI=1S/C17H28IN/c1-12-11-13(2)15(12)7-8-16-14(3)19(18)10-6-9-17(16,4)5/h7-8,12-13,15H,6,9-11H2,1-5H3/b8-7-. The van der Waals surface area contributed by atoms with Crippen molar-refractivity contribution in [3.05, 3.63) is 23.4 Å². The molecule has 0 radical (unpaired) electrons. The van der Waals surface area contributed by atoms with Crippen LogP contribution in [0.4, 0.5) is 0 Å². The largest absolute Gasteiger partial charge is 0.319 e. The summed E-state index contributed by atoms with van der Waals surface area (Å²) in [4.78, 5) is 0. The highest BCUT2D eigenvalue weighted by molar-refractivity contribution is 14.1. The fourth-order valence-corrected chi connectivity index (χ4v) is 4.38. The zero-order valence-corrected chi connectivity index (χ0v) is 15.2. The van der Waals surface area contributed by atoms with Crippen LogP contribution in [0, 0.1) is 23.2 Å². The Morgan fingerprint density at radius 3 is 2.47 bits per heavy atom. The Balaban J connectivity index is 2.23. The van der Waals surface area contributed by atoms with Crippen LogP contribution < -0.4 is 0 Å². The molecule has 0 aromatic rings. The van der Waals surface area contributed by atoms with Gasteiger partial charge >= 0.3 is 0 Å². The van der Waals surface area contributed by atoms with E-state index in [4.69, 9.17) is 0 Å². The van der Waals surface area contributed by atoms with Crippen LogP contribution in [0.15, 0.2) is 23.4 Å². The van der Waals surface area contributed by atoms with Crippen LogP contribution in [0.5, 0.6) is 0 Å². The molecule has 2 atom stereocenters. The number of halogens is 1. The van der Waals surface area contributed by atoms with E-state index in [0.29, 0.717) is 5.41 Å². The lowest BCUT2D eigenvalue weighted by molar-refractivity contribution is 0.148. The van der Waals surface area contributed by atoms with Gasteiger partial charge in [0.2, 0.25) is 0 Å². The molecular weight excluding hydrogens is 345 g/mol. The first-order valence-corrected chi connectivity index (χ1v) is 8.62. The van der Waals surface area contributed by atoms with Crippen LogP contribution in [0.2, 0.25) is 0 Å². The van der Waals surface area contributed by atoms with Gasteiger partial charge < -0.3 is 3.11 Å². The van der Waals surface area contributed by atoms with Gasteiger partial charge in [-0.05, 0) is 54.9 Å². The Hall–Kier alpha value is 0.0100. The molecule has 2 heteroatoms. The number of hydrogen-bond acceptors (Lipinski definition) is 1. The van der Waals surface area contributed by atoms with Crippen LogP contribution in [-0.2, 0) is 0 Å². The number of allylic oxidation sites excluding steroid dienone is 4. The summed E-state index contributed by atoms with van der Waals surface area (Å²) in [5.74, 6) is 2.54. The van der Waals surface area contributed by atoms with Gasteiger partial charge in [0.15, 0.2) is 0 Å². The average molecular weight is 373 g/mol. The van der Waals surface area contributed by atoms with Gasteiger partial charge in [-0.3, -0.25) is 0 Å². The lowest BCUT2D eigenvalue weighted by Gasteiger charge is -2.39. The van der Waals surface area contributed by atoms with Crippen molar-refractivity contribution in [3.63, 3.8) is 0 Å². The molecular formula is C17H28IN. The molecule has 1 saturated carbocycles. The maximum absolute atomic E-state index is 2.50. The van der Waals surface area contributed by atoms with E-state index in [1.54, 1.807) is 5.57 Å². The van der Waals surface area contributed by atoms with Crippen molar-refractivity contribution >= 4 is 22.9 Å². The van der Waals surface area contributed by atoms with Crippen molar-refractivity contribution in [1.82, 2.24) is 3.11 Å². The van der Waals surface area contributed by atoms with Crippen molar-refractivity contribution < 1.29 is 0 Å². The SMILES string of the molecule is CC1=C(/C=C\C2C(C)CC2C)C(C)(C)CCCN1I. The zero-order chi connectivity index (χ0) is 14.2. The Bertz CT molecular complexity index is 386. The zero-order valence-electron chi connectivity index (χ0n) is 13.0. The Labute approximate surface area is 133 Å². The molecule has 2 aliphatic rings. The minimum atomic E-state index is 0.316. The molecule has 2 unspecified atom stereocenters. The third kappa shape index (κ3) is 3.20. The van der Waals surface area contributed by atoms with Crippen LogP contribution in [0.1, 0.15) is 53.9 Å². The van der Waals surface area contributed by atoms with Gasteiger partial charge in [-0.2, -0.15) is 0 Å².